The quantitative estimate of drug-likeness (QED) is 0.840. The van der Waals surface area contributed by atoms with Gasteiger partial charge in [-0.05, 0) is 36.6 Å². The van der Waals surface area contributed by atoms with Crippen molar-refractivity contribution in [1.29, 1.82) is 5.41 Å². The van der Waals surface area contributed by atoms with E-state index in [-0.39, 0.29) is 5.78 Å². The molecule has 0 amide bonds. The van der Waals surface area contributed by atoms with Gasteiger partial charge in [0.1, 0.15) is 21.7 Å². The third kappa shape index (κ3) is 3.14. The minimum Gasteiger partial charge on any atom is -0.496 e. The second-order valence-electron chi connectivity index (χ2n) is 5.39. The summed E-state index contributed by atoms with van der Waals surface area (Å²) in [6.45, 7) is 3.97. The Balaban J connectivity index is 1.90. The first-order chi connectivity index (χ1) is 11.5. The number of nitrogens with zero attached hydrogens (tertiary/aromatic N) is 2. The van der Waals surface area contributed by atoms with Crippen LogP contribution in [0.1, 0.15) is 34.0 Å². The molecular formula is C17H17N3O2S2. The first-order valence-electron chi connectivity index (χ1n) is 7.52. The molecule has 7 heteroatoms. The maximum absolute atomic E-state index is 12.7. The molecule has 1 saturated heterocycles. The maximum atomic E-state index is 12.7. The van der Waals surface area contributed by atoms with Crippen LogP contribution in [0.15, 0.2) is 23.1 Å². The Morgan fingerprint density at radius 1 is 1.38 bits per heavy atom. The number of methoxy groups -OCH3 is 1. The van der Waals surface area contributed by atoms with Crippen LogP contribution in [0.25, 0.3) is 6.08 Å². The molecule has 5 nitrogen and oxygen atoms in total. The Morgan fingerprint density at radius 2 is 2.17 bits per heavy atom. The zero-order valence-corrected chi connectivity index (χ0v) is 15.3. The molecule has 1 aromatic carbocycles. The van der Waals surface area contributed by atoms with Crippen molar-refractivity contribution in [1.82, 2.24) is 10.2 Å². The van der Waals surface area contributed by atoms with Crippen molar-refractivity contribution in [2.24, 2.45) is 0 Å². The number of aryl methyl sites for hydroxylation is 2. The predicted molar refractivity (Wildman–Crippen MR) is 98.1 cm³/mol. The lowest BCUT2D eigenvalue weighted by molar-refractivity contribution is -0.114. The average Bonchev–Trinajstić information content (AvgIpc) is 3.14. The van der Waals surface area contributed by atoms with Crippen molar-refractivity contribution in [3.05, 3.63) is 44.2 Å². The fourth-order valence-corrected chi connectivity index (χ4v) is 4.37. The Morgan fingerprint density at radius 3 is 2.83 bits per heavy atom. The molecule has 2 heterocycles. The van der Waals surface area contributed by atoms with E-state index < -0.39 is 5.92 Å². The lowest BCUT2D eigenvalue weighted by Crippen LogP contribution is -2.11. The molecule has 0 saturated carbocycles. The summed E-state index contributed by atoms with van der Waals surface area (Å²) in [7, 11) is 1.63. The molecule has 124 valence electrons. The summed E-state index contributed by atoms with van der Waals surface area (Å²) >= 11 is 2.61. The number of carbonyl (C=O) groups is 1. The summed E-state index contributed by atoms with van der Waals surface area (Å²) in [6.07, 6.45) is 2.59. The number of allylic oxidation sites excluding steroid dienone is 1. The normalized spacial score (nSPS) is 19.3. The smallest absolute Gasteiger partial charge is 0.186 e. The molecule has 2 aromatic rings. The number of hydrogen-bond acceptors (Lipinski definition) is 7. The zero-order valence-electron chi connectivity index (χ0n) is 13.6. The van der Waals surface area contributed by atoms with E-state index >= 15 is 0 Å². The highest BCUT2D eigenvalue weighted by atomic mass is 32.2. The fraction of sp³-hybridized carbons (Fsp3) is 0.294. The van der Waals surface area contributed by atoms with Crippen LogP contribution in [-0.4, -0.2) is 28.1 Å². The summed E-state index contributed by atoms with van der Waals surface area (Å²) in [6, 6.07) is 5.79. The number of hydrogen-bond donors (Lipinski definition) is 1. The first kappa shape index (κ1) is 16.9. The van der Waals surface area contributed by atoms with Gasteiger partial charge in [-0.2, -0.15) is 0 Å². The number of carbonyl (C=O) groups excluding carboxylic acids is 1. The number of benzene rings is 1. The molecule has 1 N–H and O–H groups in total. The molecule has 0 aliphatic carbocycles. The highest BCUT2D eigenvalue weighted by Crippen LogP contribution is 2.41. The van der Waals surface area contributed by atoms with Crippen molar-refractivity contribution < 1.29 is 9.53 Å². The Kier molecular flexibility index (Phi) is 4.82. The van der Waals surface area contributed by atoms with Gasteiger partial charge >= 0.3 is 0 Å². The van der Waals surface area contributed by atoms with E-state index in [1.165, 1.54) is 23.1 Å². The number of aromatic nitrogens is 2. The average molecular weight is 359 g/mol. The van der Waals surface area contributed by atoms with Gasteiger partial charge in [-0.15, -0.1) is 21.5 Å². The Hall–Kier alpha value is -1.99. The number of rotatable bonds is 4. The minimum absolute atomic E-state index is 0.0802. The van der Waals surface area contributed by atoms with E-state index in [2.05, 4.69) is 10.2 Å². The topological polar surface area (TPSA) is 75.9 Å². The summed E-state index contributed by atoms with van der Waals surface area (Å²) in [5.41, 5.74) is 1.92. The fourth-order valence-electron chi connectivity index (χ4n) is 2.42. The van der Waals surface area contributed by atoms with Gasteiger partial charge in [0.05, 0.1) is 17.1 Å². The van der Waals surface area contributed by atoms with Crippen LogP contribution in [0.2, 0.25) is 0 Å². The van der Waals surface area contributed by atoms with Crippen molar-refractivity contribution in [2.45, 2.75) is 26.2 Å². The van der Waals surface area contributed by atoms with Gasteiger partial charge in [-0.25, -0.2) is 0 Å². The van der Waals surface area contributed by atoms with Gasteiger partial charge in [-0.3, -0.25) is 10.2 Å². The van der Waals surface area contributed by atoms with Gasteiger partial charge in [0.2, 0.25) is 0 Å². The van der Waals surface area contributed by atoms with Crippen LogP contribution in [0, 0.1) is 12.3 Å². The van der Waals surface area contributed by atoms with E-state index in [4.69, 9.17) is 10.1 Å². The van der Waals surface area contributed by atoms with Crippen molar-refractivity contribution >= 4 is 40.0 Å². The van der Waals surface area contributed by atoms with Crippen LogP contribution in [0.3, 0.4) is 0 Å². The van der Waals surface area contributed by atoms with E-state index in [0.29, 0.717) is 15.0 Å². The van der Waals surface area contributed by atoms with Gasteiger partial charge < -0.3 is 4.74 Å². The highest BCUT2D eigenvalue weighted by molar-refractivity contribution is 8.19. The Bertz CT molecular complexity index is 842. The summed E-state index contributed by atoms with van der Waals surface area (Å²) in [5.74, 6) is 0.0953. The molecule has 1 aliphatic rings. The molecule has 0 spiro atoms. The molecule has 0 unspecified atom stereocenters. The summed E-state index contributed by atoms with van der Waals surface area (Å²) < 4.78 is 5.32. The second kappa shape index (κ2) is 6.86. The highest BCUT2D eigenvalue weighted by Gasteiger charge is 2.39. The molecule has 1 atom stereocenters. The van der Waals surface area contributed by atoms with Gasteiger partial charge in [0.25, 0.3) is 0 Å². The molecule has 24 heavy (non-hydrogen) atoms. The number of Topliss-reactive ketones (excluding diaryl/α,β-unsaturated/α-hetero) is 1. The molecular weight excluding hydrogens is 342 g/mol. The van der Waals surface area contributed by atoms with Crippen LogP contribution in [-0.2, 0) is 11.2 Å². The molecule has 1 aromatic heterocycles. The van der Waals surface area contributed by atoms with E-state index in [0.717, 1.165) is 28.3 Å². The van der Waals surface area contributed by atoms with E-state index in [9.17, 15) is 4.79 Å². The lowest BCUT2D eigenvalue weighted by atomic mass is 10.0. The van der Waals surface area contributed by atoms with E-state index in [1.807, 2.05) is 38.1 Å². The standard InChI is InChI=1S/C17H17N3O2S2/c1-4-13-19-20-17(24-13)14-15(21)12(23-16(14)18)8-10-6-5-9(2)11(7-10)22-3/h5-8,14,18H,4H2,1-3H3/b12-8-,18-16?/t14-/m1/s1. The van der Waals surface area contributed by atoms with Gasteiger partial charge in [0, 0.05) is 0 Å². The van der Waals surface area contributed by atoms with Gasteiger partial charge in [0.15, 0.2) is 5.78 Å². The van der Waals surface area contributed by atoms with Crippen molar-refractivity contribution in [2.75, 3.05) is 7.11 Å². The second-order valence-corrected chi connectivity index (χ2v) is 7.57. The van der Waals surface area contributed by atoms with Crippen LogP contribution in [0.4, 0.5) is 0 Å². The third-order valence-electron chi connectivity index (χ3n) is 3.75. The van der Waals surface area contributed by atoms with Gasteiger partial charge in [-0.1, -0.05) is 30.8 Å². The zero-order chi connectivity index (χ0) is 17.3. The van der Waals surface area contributed by atoms with Crippen LogP contribution >= 0.6 is 23.1 Å². The lowest BCUT2D eigenvalue weighted by Gasteiger charge is -2.05. The molecule has 0 bridgehead atoms. The third-order valence-corrected chi connectivity index (χ3v) is 5.88. The van der Waals surface area contributed by atoms with Crippen molar-refractivity contribution in [3.63, 3.8) is 0 Å². The molecule has 3 rings (SSSR count). The molecule has 0 radical (unpaired) electrons. The number of nitrogens with one attached hydrogen (secondary N) is 1. The largest absolute Gasteiger partial charge is 0.496 e. The molecule has 1 aliphatic heterocycles. The number of ketones is 1. The Labute approximate surface area is 148 Å². The summed E-state index contributed by atoms with van der Waals surface area (Å²) in [4.78, 5) is 13.3. The van der Waals surface area contributed by atoms with Crippen LogP contribution in [0.5, 0.6) is 5.75 Å². The first-order valence-corrected chi connectivity index (χ1v) is 9.16. The summed E-state index contributed by atoms with van der Waals surface area (Å²) in [5, 5.41) is 18.1. The van der Waals surface area contributed by atoms with E-state index in [1.54, 1.807) is 7.11 Å². The number of ether oxygens (including phenoxy) is 1. The van der Waals surface area contributed by atoms with Crippen LogP contribution < -0.4 is 4.74 Å². The monoisotopic (exact) mass is 359 g/mol. The predicted octanol–water partition coefficient (Wildman–Crippen LogP) is 3.84. The number of thioether (sulfide) groups is 1. The maximum Gasteiger partial charge on any atom is 0.186 e. The SMILES string of the molecule is CCc1nnc([C@H]2C(=N)S/C(=C\c3ccc(C)c(OC)c3)C2=O)s1. The van der Waals surface area contributed by atoms with Crippen molar-refractivity contribution in [3.8, 4) is 5.75 Å². The minimum atomic E-state index is -0.605. The molecule has 1 fully saturated rings.